The van der Waals surface area contributed by atoms with Gasteiger partial charge in [-0.25, -0.2) is 0 Å². The number of nitrogens with one attached hydrogen (secondary N) is 1. The highest BCUT2D eigenvalue weighted by atomic mass is 32.1. The summed E-state index contributed by atoms with van der Waals surface area (Å²) in [5, 5.41) is 7.31. The van der Waals surface area contributed by atoms with Crippen molar-refractivity contribution in [3.8, 4) is 5.69 Å². The minimum absolute atomic E-state index is 1.06. The van der Waals surface area contributed by atoms with Crippen molar-refractivity contribution < 1.29 is 0 Å². The van der Waals surface area contributed by atoms with Crippen LogP contribution in [0.25, 0.3) is 49.2 Å². The maximum Gasteiger partial charge on any atom is 0.0562 e. The smallest absolute Gasteiger partial charge is 0.0562 e. The van der Waals surface area contributed by atoms with Crippen molar-refractivity contribution in [2.75, 3.05) is 5.32 Å². The first-order chi connectivity index (χ1) is 16.3. The lowest BCUT2D eigenvalue weighted by molar-refractivity contribution is 1.18. The van der Waals surface area contributed by atoms with Gasteiger partial charge in [0.15, 0.2) is 0 Å². The Kier molecular flexibility index (Phi) is 3.90. The van der Waals surface area contributed by atoms with Crippen molar-refractivity contribution >= 4 is 60.6 Å². The van der Waals surface area contributed by atoms with Gasteiger partial charge in [0.25, 0.3) is 0 Å². The van der Waals surface area contributed by atoms with E-state index in [1.54, 1.807) is 0 Å². The highest BCUT2D eigenvalue weighted by Gasteiger charge is 2.21. The average molecular weight is 441 g/mol. The first kappa shape index (κ1) is 18.5. The number of hydrogen-bond donors (Lipinski definition) is 1. The summed E-state index contributed by atoms with van der Waals surface area (Å²) < 4.78 is 3.64. The van der Waals surface area contributed by atoms with Crippen molar-refractivity contribution in [2.24, 2.45) is 0 Å². The third-order valence-electron chi connectivity index (χ3n) is 6.55. The number of fused-ring (bicyclic) bond motifs is 7. The molecule has 0 bridgehead atoms. The van der Waals surface area contributed by atoms with Crippen molar-refractivity contribution in [3.05, 3.63) is 120 Å². The summed E-state index contributed by atoms with van der Waals surface area (Å²) in [7, 11) is 0. The van der Waals surface area contributed by atoms with Gasteiger partial charge in [0.1, 0.15) is 0 Å². The number of nitrogens with zero attached hydrogens (tertiary/aromatic N) is 1. The van der Waals surface area contributed by atoms with Gasteiger partial charge >= 0.3 is 0 Å². The molecule has 33 heavy (non-hydrogen) atoms. The molecule has 7 rings (SSSR count). The van der Waals surface area contributed by atoms with E-state index in [1.165, 1.54) is 42.3 Å². The summed E-state index contributed by atoms with van der Waals surface area (Å²) in [6.07, 6.45) is 4.23. The molecule has 0 amide bonds. The van der Waals surface area contributed by atoms with Crippen LogP contribution in [-0.2, 0) is 0 Å². The first-order valence-corrected chi connectivity index (χ1v) is 11.9. The van der Waals surface area contributed by atoms with Crippen LogP contribution in [0.15, 0.2) is 104 Å². The quantitative estimate of drug-likeness (QED) is 0.271. The van der Waals surface area contributed by atoms with Gasteiger partial charge in [-0.15, -0.1) is 11.3 Å². The fourth-order valence-electron chi connectivity index (χ4n) is 5.07. The molecule has 0 aliphatic carbocycles. The zero-order chi connectivity index (χ0) is 21.9. The molecule has 156 valence electrons. The van der Waals surface area contributed by atoms with Crippen LogP contribution in [0, 0.1) is 0 Å². The lowest BCUT2D eigenvalue weighted by Gasteiger charge is -2.17. The summed E-state index contributed by atoms with van der Waals surface area (Å²) in [6, 6.07) is 32.4. The van der Waals surface area contributed by atoms with E-state index in [1.807, 2.05) is 11.3 Å². The Morgan fingerprint density at radius 3 is 2.36 bits per heavy atom. The lowest BCUT2D eigenvalue weighted by Crippen LogP contribution is -2.00. The van der Waals surface area contributed by atoms with E-state index in [2.05, 4.69) is 120 Å². The molecule has 0 unspecified atom stereocenters. The Morgan fingerprint density at radius 1 is 0.727 bits per heavy atom. The standard InChI is InChI=1S/C30H20N2S/c1-19-23-17-24-21-11-5-7-13-26(21)32(20-9-3-2-4-10-20)27(24)18-25(23)31-16-15-29-30(19)22-12-6-8-14-28(22)33-29/h2-18,31H,1H2/b16-15-. The largest absolute Gasteiger partial charge is 0.361 e. The summed E-state index contributed by atoms with van der Waals surface area (Å²) in [4.78, 5) is 1.24. The van der Waals surface area contributed by atoms with E-state index < -0.39 is 0 Å². The van der Waals surface area contributed by atoms with Gasteiger partial charge < -0.3 is 9.88 Å². The van der Waals surface area contributed by atoms with Crippen LogP contribution >= 0.6 is 11.3 Å². The van der Waals surface area contributed by atoms with E-state index in [0.717, 1.165) is 22.5 Å². The fourth-order valence-corrected chi connectivity index (χ4v) is 6.21. The van der Waals surface area contributed by atoms with Crippen LogP contribution in [0.3, 0.4) is 0 Å². The van der Waals surface area contributed by atoms with E-state index in [0.29, 0.717) is 0 Å². The molecular formula is C30H20N2S. The Morgan fingerprint density at radius 2 is 1.48 bits per heavy atom. The van der Waals surface area contributed by atoms with Gasteiger partial charge in [0.2, 0.25) is 0 Å². The highest BCUT2D eigenvalue weighted by molar-refractivity contribution is 7.20. The van der Waals surface area contributed by atoms with Crippen LogP contribution in [0.2, 0.25) is 0 Å². The van der Waals surface area contributed by atoms with Gasteiger partial charge in [-0.1, -0.05) is 61.2 Å². The Labute approximate surface area is 195 Å². The van der Waals surface area contributed by atoms with Crippen molar-refractivity contribution in [1.82, 2.24) is 4.57 Å². The molecule has 1 N–H and O–H groups in total. The van der Waals surface area contributed by atoms with Gasteiger partial charge in [0, 0.05) is 54.4 Å². The topological polar surface area (TPSA) is 17.0 Å². The number of benzene rings is 4. The van der Waals surface area contributed by atoms with Crippen LogP contribution < -0.4 is 5.32 Å². The number of anilines is 1. The molecule has 6 aromatic rings. The summed E-state index contributed by atoms with van der Waals surface area (Å²) >= 11 is 1.82. The zero-order valence-corrected chi connectivity index (χ0v) is 18.7. The van der Waals surface area contributed by atoms with E-state index in [4.69, 9.17) is 0 Å². The Hall–Kier alpha value is -4.08. The molecule has 0 atom stereocenters. The summed E-state index contributed by atoms with van der Waals surface area (Å²) in [5.41, 5.74) is 8.08. The molecule has 4 aromatic carbocycles. The molecule has 1 aliphatic rings. The minimum atomic E-state index is 1.06. The molecule has 0 saturated carbocycles. The predicted molar refractivity (Wildman–Crippen MR) is 143 cm³/mol. The second-order valence-electron chi connectivity index (χ2n) is 8.40. The minimum Gasteiger partial charge on any atom is -0.361 e. The SMILES string of the molecule is C=C1c2cc3c4ccccc4n(-c4ccccc4)c3cc2N/C=C\c2sc3ccccc3c21. The van der Waals surface area contributed by atoms with Gasteiger partial charge in [-0.05, 0) is 48.0 Å². The van der Waals surface area contributed by atoms with E-state index in [9.17, 15) is 0 Å². The number of aromatic nitrogens is 1. The molecule has 0 radical (unpaired) electrons. The van der Waals surface area contributed by atoms with Crippen molar-refractivity contribution in [2.45, 2.75) is 0 Å². The molecule has 0 spiro atoms. The summed E-state index contributed by atoms with van der Waals surface area (Å²) in [6.45, 7) is 4.60. The van der Waals surface area contributed by atoms with Crippen molar-refractivity contribution in [3.63, 3.8) is 0 Å². The molecule has 0 fully saturated rings. The zero-order valence-electron chi connectivity index (χ0n) is 17.9. The Balaban J connectivity index is 1.56. The van der Waals surface area contributed by atoms with Crippen LogP contribution in [-0.4, -0.2) is 4.57 Å². The van der Waals surface area contributed by atoms with Gasteiger partial charge in [0.05, 0.1) is 11.0 Å². The number of hydrogen-bond acceptors (Lipinski definition) is 2. The second kappa shape index (κ2) is 6.96. The summed E-state index contributed by atoms with van der Waals surface area (Å²) in [5.74, 6) is 0. The third kappa shape index (κ3) is 2.66. The predicted octanol–water partition coefficient (Wildman–Crippen LogP) is 8.46. The number of rotatable bonds is 1. The molecule has 3 heterocycles. The van der Waals surface area contributed by atoms with Crippen LogP contribution in [0.5, 0.6) is 0 Å². The third-order valence-corrected chi connectivity index (χ3v) is 7.69. The molecule has 0 saturated heterocycles. The molecule has 1 aliphatic heterocycles. The van der Waals surface area contributed by atoms with Crippen LogP contribution in [0.4, 0.5) is 5.69 Å². The normalized spacial score (nSPS) is 14.0. The maximum absolute atomic E-state index is 4.60. The molecule has 3 heteroatoms. The van der Waals surface area contributed by atoms with Gasteiger partial charge in [-0.3, -0.25) is 0 Å². The highest BCUT2D eigenvalue weighted by Crippen LogP contribution is 2.44. The molecular weight excluding hydrogens is 420 g/mol. The van der Waals surface area contributed by atoms with Crippen molar-refractivity contribution in [1.29, 1.82) is 0 Å². The maximum atomic E-state index is 4.60. The Bertz CT molecular complexity index is 1750. The lowest BCUT2D eigenvalue weighted by atomic mass is 9.93. The van der Waals surface area contributed by atoms with E-state index in [-0.39, 0.29) is 0 Å². The van der Waals surface area contributed by atoms with Crippen LogP contribution in [0.1, 0.15) is 16.0 Å². The second-order valence-corrected chi connectivity index (χ2v) is 9.48. The number of thiophene rings is 1. The number of para-hydroxylation sites is 2. The fraction of sp³-hybridized carbons (Fsp3) is 0. The molecule has 2 aromatic heterocycles. The molecule has 2 nitrogen and oxygen atoms in total. The monoisotopic (exact) mass is 440 g/mol. The van der Waals surface area contributed by atoms with E-state index >= 15 is 0 Å². The average Bonchev–Trinajstić information content (AvgIpc) is 3.37. The first-order valence-electron chi connectivity index (χ1n) is 11.1. The van der Waals surface area contributed by atoms with Gasteiger partial charge in [-0.2, -0.15) is 0 Å².